The Labute approximate surface area is 95.9 Å². The third-order valence-corrected chi connectivity index (χ3v) is 2.07. The van der Waals surface area contributed by atoms with Gasteiger partial charge in [-0.15, -0.1) is 0 Å². The Morgan fingerprint density at radius 3 is 2.88 bits per heavy atom. The molecule has 0 fully saturated rings. The molecule has 5 nitrogen and oxygen atoms in total. The van der Waals surface area contributed by atoms with E-state index in [9.17, 15) is 9.18 Å². The van der Waals surface area contributed by atoms with Crippen molar-refractivity contribution in [2.24, 2.45) is 0 Å². The molecule has 0 saturated carbocycles. The SMILES string of the molecule is Cc1cc(F)cc(-c2noc(CC(=O)O)n2)c1. The van der Waals surface area contributed by atoms with Gasteiger partial charge < -0.3 is 9.63 Å². The Hall–Kier alpha value is -2.24. The molecule has 1 N–H and O–H groups in total. The van der Waals surface area contributed by atoms with Gasteiger partial charge in [0.25, 0.3) is 0 Å². The van der Waals surface area contributed by atoms with Gasteiger partial charge in [0.15, 0.2) is 0 Å². The number of hydrogen-bond acceptors (Lipinski definition) is 4. The van der Waals surface area contributed by atoms with Crippen molar-refractivity contribution in [3.8, 4) is 11.4 Å². The largest absolute Gasteiger partial charge is 0.481 e. The third kappa shape index (κ3) is 2.66. The molecule has 0 aliphatic carbocycles. The maximum absolute atomic E-state index is 13.2. The first-order chi connectivity index (χ1) is 8.04. The zero-order chi connectivity index (χ0) is 12.4. The number of hydrogen-bond donors (Lipinski definition) is 1. The van der Waals surface area contributed by atoms with Crippen LogP contribution < -0.4 is 0 Å². The van der Waals surface area contributed by atoms with E-state index in [1.165, 1.54) is 12.1 Å². The van der Waals surface area contributed by atoms with Crippen molar-refractivity contribution in [1.29, 1.82) is 0 Å². The van der Waals surface area contributed by atoms with E-state index in [4.69, 9.17) is 9.63 Å². The van der Waals surface area contributed by atoms with Crippen molar-refractivity contribution in [2.45, 2.75) is 13.3 Å². The van der Waals surface area contributed by atoms with E-state index in [0.717, 1.165) is 5.56 Å². The van der Waals surface area contributed by atoms with Gasteiger partial charge in [0.2, 0.25) is 11.7 Å². The molecule has 0 bridgehead atoms. The van der Waals surface area contributed by atoms with Crippen LogP contribution in [0.15, 0.2) is 22.7 Å². The molecule has 0 amide bonds. The number of benzene rings is 1. The summed E-state index contributed by atoms with van der Waals surface area (Å²) in [5.74, 6) is -1.28. The summed E-state index contributed by atoms with van der Waals surface area (Å²) < 4.78 is 17.9. The van der Waals surface area contributed by atoms with E-state index in [2.05, 4.69) is 10.1 Å². The van der Waals surface area contributed by atoms with Gasteiger partial charge in [-0.05, 0) is 30.7 Å². The lowest BCUT2D eigenvalue weighted by Gasteiger charge is -1.97. The molecule has 1 aromatic heterocycles. The van der Waals surface area contributed by atoms with Crippen LogP contribution in [-0.2, 0) is 11.2 Å². The van der Waals surface area contributed by atoms with E-state index in [1.54, 1.807) is 13.0 Å². The standard InChI is InChI=1S/C11H9FN2O3/c1-6-2-7(4-8(12)3-6)11-13-9(17-14-11)5-10(15)16/h2-4H,5H2,1H3,(H,15,16). The molecule has 1 heterocycles. The van der Waals surface area contributed by atoms with Crippen LogP contribution in [0.25, 0.3) is 11.4 Å². The van der Waals surface area contributed by atoms with Gasteiger partial charge >= 0.3 is 5.97 Å². The summed E-state index contributed by atoms with van der Waals surface area (Å²) in [6.07, 6.45) is -0.346. The van der Waals surface area contributed by atoms with Crippen LogP contribution in [0.5, 0.6) is 0 Å². The summed E-state index contributed by atoms with van der Waals surface area (Å²) in [7, 11) is 0. The first-order valence-electron chi connectivity index (χ1n) is 4.86. The maximum Gasteiger partial charge on any atom is 0.312 e. The molecule has 0 atom stereocenters. The van der Waals surface area contributed by atoms with Crippen molar-refractivity contribution >= 4 is 5.97 Å². The number of rotatable bonds is 3. The van der Waals surface area contributed by atoms with Crippen LogP contribution >= 0.6 is 0 Å². The summed E-state index contributed by atoms with van der Waals surface area (Å²) in [6.45, 7) is 1.74. The number of halogens is 1. The predicted molar refractivity (Wildman–Crippen MR) is 55.8 cm³/mol. The van der Waals surface area contributed by atoms with E-state index >= 15 is 0 Å². The van der Waals surface area contributed by atoms with Gasteiger partial charge in [-0.2, -0.15) is 4.98 Å². The van der Waals surface area contributed by atoms with Crippen LogP contribution in [0.1, 0.15) is 11.5 Å². The molecule has 2 aromatic rings. The minimum Gasteiger partial charge on any atom is -0.481 e. The first kappa shape index (κ1) is 11.3. The number of aromatic nitrogens is 2. The molecular formula is C11H9FN2O3. The van der Waals surface area contributed by atoms with Crippen molar-refractivity contribution in [1.82, 2.24) is 10.1 Å². The topological polar surface area (TPSA) is 76.2 Å². The Balaban J connectivity index is 2.33. The fourth-order valence-corrected chi connectivity index (χ4v) is 1.44. The Kier molecular flexibility index (Phi) is 2.86. The zero-order valence-corrected chi connectivity index (χ0v) is 8.98. The van der Waals surface area contributed by atoms with E-state index in [0.29, 0.717) is 5.56 Å². The highest BCUT2D eigenvalue weighted by molar-refractivity contribution is 5.69. The molecule has 0 radical (unpaired) electrons. The Morgan fingerprint density at radius 1 is 1.47 bits per heavy atom. The number of nitrogens with zero attached hydrogens (tertiary/aromatic N) is 2. The minimum atomic E-state index is -1.06. The smallest absolute Gasteiger partial charge is 0.312 e. The molecule has 0 aliphatic rings. The molecule has 17 heavy (non-hydrogen) atoms. The fraction of sp³-hybridized carbons (Fsp3) is 0.182. The Bertz CT molecular complexity index is 545. The van der Waals surface area contributed by atoms with Gasteiger partial charge in [0, 0.05) is 5.56 Å². The lowest BCUT2D eigenvalue weighted by atomic mass is 10.1. The second-order valence-corrected chi connectivity index (χ2v) is 3.60. The van der Waals surface area contributed by atoms with Crippen LogP contribution in [0.4, 0.5) is 4.39 Å². The number of aliphatic carboxylic acids is 1. The van der Waals surface area contributed by atoms with Crippen LogP contribution in [0.3, 0.4) is 0 Å². The summed E-state index contributed by atoms with van der Waals surface area (Å²) in [5.41, 5.74) is 1.19. The molecule has 0 saturated heterocycles. The van der Waals surface area contributed by atoms with Gasteiger partial charge in [-0.3, -0.25) is 4.79 Å². The number of carbonyl (C=O) groups is 1. The van der Waals surface area contributed by atoms with Gasteiger partial charge in [-0.1, -0.05) is 5.16 Å². The molecule has 0 aliphatic heterocycles. The highest BCUT2D eigenvalue weighted by atomic mass is 19.1. The molecule has 1 aromatic carbocycles. The summed E-state index contributed by atoms with van der Waals surface area (Å²) in [4.78, 5) is 14.3. The van der Waals surface area contributed by atoms with E-state index in [1.807, 2.05) is 0 Å². The molecule has 2 rings (SSSR count). The second-order valence-electron chi connectivity index (χ2n) is 3.60. The van der Waals surface area contributed by atoms with E-state index in [-0.39, 0.29) is 18.1 Å². The van der Waals surface area contributed by atoms with Crippen molar-refractivity contribution < 1.29 is 18.8 Å². The van der Waals surface area contributed by atoms with Gasteiger partial charge in [0.05, 0.1) is 0 Å². The Morgan fingerprint density at radius 2 is 2.24 bits per heavy atom. The van der Waals surface area contributed by atoms with Crippen LogP contribution in [0.2, 0.25) is 0 Å². The van der Waals surface area contributed by atoms with Gasteiger partial charge in [0.1, 0.15) is 12.2 Å². The molecule has 6 heteroatoms. The quantitative estimate of drug-likeness (QED) is 0.879. The highest BCUT2D eigenvalue weighted by Gasteiger charge is 2.12. The second kappa shape index (κ2) is 4.32. The summed E-state index contributed by atoms with van der Waals surface area (Å²) >= 11 is 0. The summed E-state index contributed by atoms with van der Waals surface area (Å²) in [6, 6.07) is 4.34. The number of aryl methyl sites for hydroxylation is 1. The predicted octanol–water partition coefficient (Wildman–Crippen LogP) is 1.81. The minimum absolute atomic E-state index is 0.00517. The normalized spacial score (nSPS) is 10.5. The zero-order valence-electron chi connectivity index (χ0n) is 8.98. The molecule has 0 spiro atoms. The maximum atomic E-state index is 13.2. The number of carboxylic acids is 1. The highest BCUT2D eigenvalue weighted by Crippen LogP contribution is 2.19. The summed E-state index contributed by atoms with van der Waals surface area (Å²) in [5, 5.41) is 12.2. The third-order valence-electron chi connectivity index (χ3n) is 2.07. The average Bonchev–Trinajstić information content (AvgIpc) is 2.63. The average molecular weight is 236 g/mol. The van der Waals surface area contributed by atoms with Crippen LogP contribution in [0, 0.1) is 12.7 Å². The monoisotopic (exact) mass is 236 g/mol. The van der Waals surface area contributed by atoms with E-state index < -0.39 is 11.8 Å². The van der Waals surface area contributed by atoms with Crippen molar-refractivity contribution in [3.63, 3.8) is 0 Å². The first-order valence-corrected chi connectivity index (χ1v) is 4.86. The molecule has 0 unspecified atom stereocenters. The lowest BCUT2D eigenvalue weighted by molar-refractivity contribution is -0.136. The fourth-order valence-electron chi connectivity index (χ4n) is 1.44. The lowest BCUT2D eigenvalue weighted by Crippen LogP contribution is -1.99. The van der Waals surface area contributed by atoms with Crippen LogP contribution in [-0.4, -0.2) is 21.2 Å². The molecule has 88 valence electrons. The number of carboxylic acid groups (broad SMARTS) is 1. The van der Waals surface area contributed by atoms with Gasteiger partial charge in [-0.25, -0.2) is 4.39 Å². The molecular weight excluding hydrogens is 227 g/mol. The van der Waals surface area contributed by atoms with Crippen molar-refractivity contribution in [2.75, 3.05) is 0 Å². The van der Waals surface area contributed by atoms with Crippen molar-refractivity contribution in [3.05, 3.63) is 35.5 Å².